The lowest BCUT2D eigenvalue weighted by Gasteiger charge is -2.10. The predicted octanol–water partition coefficient (Wildman–Crippen LogP) is 0.581. The van der Waals surface area contributed by atoms with Crippen LogP contribution in [-0.4, -0.2) is 130 Å². The number of carbonyl (C=O) groups is 1. The van der Waals surface area contributed by atoms with Crippen molar-refractivity contribution in [3.8, 4) is 0 Å². The summed E-state index contributed by atoms with van der Waals surface area (Å²) in [6.07, 6.45) is 1.53. The van der Waals surface area contributed by atoms with Crippen molar-refractivity contribution in [3.05, 3.63) is 0 Å². The van der Waals surface area contributed by atoms with E-state index in [1.165, 1.54) is 0 Å². The van der Waals surface area contributed by atoms with Crippen LogP contribution in [0.4, 0.5) is 0 Å². The molecule has 0 aromatic rings. The molecule has 0 spiro atoms. The normalized spacial score (nSPS) is 11.4. The summed E-state index contributed by atoms with van der Waals surface area (Å²) in [5.74, 6) is 0.0342. The van der Waals surface area contributed by atoms with Crippen LogP contribution < -0.4 is 5.32 Å². The number of nitrogens with one attached hydrogen (secondary N) is 1. The van der Waals surface area contributed by atoms with Gasteiger partial charge >= 0.3 is 0 Å². The highest BCUT2D eigenvalue weighted by molar-refractivity contribution is 5.75. The van der Waals surface area contributed by atoms with Crippen LogP contribution in [0.5, 0.6) is 0 Å². The van der Waals surface area contributed by atoms with Crippen LogP contribution in [0.2, 0.25) is 0 Å². The summed E-state index contributed by atoms with van der Waals surface area (Å²) in [5.41, 5.74) is 0. The second kappa shape index (κ2) is 26.4. The Morgan fingerprint density at radius 2 is 0.938 bits per heavy atom. The lowest BCUT2D eigenvalue weighted by molar-refractivity contribution is -0.121. The summed E-state index contributed by atoms with van der Waals surface area (Å²) in [6.45, 7) is 11.1. The Hall–Kier alpha value is -0.850. The number of rotatable bonds is 26. The Morgan fingerprint density at radius 1 is 0.594 bits per heavy atom. The second-order valence-electron chi connectivity index (χ2n) is 7.15. The summed E-state index contributed by atoms with van der Waals surface area (Å²) in [4.78, 5) is 13.2. The van der Waals surface area contributed by atoms with Gasteiger partial charge in [0.05, 0.1) is 85.9 Å². The van der Waals surface area contributed by atoms with Crippen molar-refractivity contribution in [3.63, 3.8) is 0 Å². The van der Waals surface area contributed by atoms with Crippen molar-refractivity contribution in [2.45, 2.75) is 19.8 Å². The van der Waals surface area contributed by atoms with Crippen LogP contribution in [0, 0.1) is 0 Å². The van der Waals surface area contributed by atoms with Crippen molar-refractivity contribution in [2.75, 3.05) is 120 Å². The molecule has 0 radical (unpaired) electrons. The molecule has 0 aliphatic carbocycles. The van der Waals surface area contributed by atoms with E-state index in [1.54, 1.807) is 0 Å². The van der Waals surface area contributed by atoms with Crippen molar-refractivity contribution in [2.24, 2.45) is 0 Å². The smallest absolute Gasteiger partial charge is 0.219 e. The molecule has 10 heteroatoms. The summed E-state index contributed by atoms with van der Waals surface area (Å²) >= 11 is 0. The largest absolute Gasteiger partial charge is 0.379 e. The van der Waals surface area contributed by atoms with E-state index in [9.17, 15) is 4.79 Å². The van der Waals surface area contributed by atoms with Gasteiger partial charge in [-0.15, -0.1) is 0 Å². The van der Waals surface area contributed by atoms with Gasteiger partial charge in [-0.05, 0) is 27.1 Å². The third-order valence-electron chi connectivity index (χ3n) is 4.02. The number of hydrogen-bond donors (Lipinski definition) is 1. The van der Waals surface area contributed by atoms with Crippen LogP contribution >= 0.6 is 0 Å². The van der Waals surface area contributed by atoms with Crippen LogP contribution in [0.1, 0.15) is 19.8 Å². The summed E-state index contributed by atoms with van der Waals surface area (Å²) in [6, 6.07) is 0. The van der Waals surface area contributed by atoms with Gasteiger partial charge in [0.25, 0.3) is 0 Å². The minimum absolute atomic E-state index is 0.0342. The van der Waals surface area contributed by atoms with Crippen molar-refractivity contribution < 1.29 is 38.0 Å². The van der Waals surface area contributed by atoms with Crippen molar-refractivity contribution in [1.29, 1.82) is 0 Å². The first-order valence-corrected chi connectivity index (χ1v) is 11.6. The third kappa shape index (κ3) is 27.2. The molecule has 0 bridgehead atoms. The molecule has 0 heterocycles. The fourth-order valence-electron chi connectivity index (χ4n) is 2.29. The monoisotopic (exact) mass is 466 g/mol. The van der Waals surface area contributed by atoms with Gasteiger partial charge in [-0.3, -0.25) is 4.79 Å². The predicted molar refractivity (Wildman–Crippen MR) is 122 cm³/mol. The second-order valence-corrected chi connectivity index (χ2v) is 7.15. The van der Waals surface area contributed by atoms with Gasteiger partial charge < -0.3 is 43.4 Å². The van der Waals surface area contributed by atoms with Gasteiger partial charge in [0, 0.05) is 19.6 Å². The third-order valence-corrected chi connectivity index (χ3v) is 4.02. The Morgan fingerprint density at radius 3 is 1.28 bits per heavy atom. The van der Waals surface area contributed by atoms with E-state index in [0.29, 0.717) is 98.9 Å². The van der Waals surface area contributed by atoms with Gasteiger partial charge in [-0.1, -0.05) is 6.92 Å². The zero-order valence-electron chi connectivity index (χ0n) is 20.4. The standard InChI is InChI=1S/C22H46N2O8/c1-4-22(25)23-6-9-27-11-13-29-15-17-31-19-21-32-20-18-30-16-14-28-12-10-26-8-5-7-24(2)3/h4-21H2,1-3H3,(H,23,25). The molecule has 10 nitrogen and oxygen atoms in total. The number of amides is 1. The van der Waals surface area contributed by atoms with E-state index in [2.05, 4.69) is 24.3 Å². The van der Waals surface area contributed by atoms with Crippen LogP contribution in [0.3, 0.4) is 0 Å². The van der Waals surface area contributed by atoms with Gasteiger partial charge in [0.15, 0.2) is 0 Å². The Kier molecular flexibility index (Phi) is 25.7. The molecule has 0 saturated heterocycles. The molecule has 0 rings (SSSR count). The minimum Gasteiger partial charge on any atom is -0.379 e. The van der Waals surface area contributed by atoms with Gasteiger partial charge in [0.2, 0.25) is 5.91 Å². The Bertz CT molecular complexity index is 389. The van der Waals surface area contributed by atoms with Crippen molar-refractivity contribution >= 4 is 5.91 Å². The summed E-state index contributed by atoms with van der Waals surface area (Å²) < 4.78 is 38.0. The van der Waals surface area contributed by atoms with E-state index < -0.39 is 0 Å². The maximum atomic E-state index is 11.0. The molecule has 0 fully saturated rings. The fraction of sp³-hybridized carbons (Fsp3) is 0.955. The molecule has 192 valence electrons. The van der Waals surface area contributed by atoms with Crippen LogP contribution in [-0.2, 0) is 38.0 Å². The molecule has 32 heavy (non-hydrogen) atoms. The zero-order valence-corrected chi connectivity index (χ0v) is 20.4. The number of hydrogen-bond acceptors (Lipinski definition) is 9. The van der Waals surface area contributed by atoms with E-state index in [-0.39, 0.29) is 5.91 Å². The van der Waals surface area contributed by atoms with Gasteiger partial charge in [0.1, 0.15) is 0 Å². The SMILES string of the molecule is CCC(=O)NCCOCCOCCOCCOCCOCCOCCOCCCN(C)C. The van der Waals surface area contributed by atoms with E-state index in [0.717, 1.165) is 19.6 Å². The first kappa shape index (κ1) is 31.1. The van der Waals surface area contributed by atoms with E-state index in [4.69, 9.17) is 33.2 Å². The lowest BCUT2D eigenvalue weighted by atomic mass is 10.4. The molecule has 1 N–H and O–H groups in total. The maximum Gasteiger partial charge on any atom is 0.219 e. The minimum atomic E-state index is 0.0342. The van der Waals surface area contributed by atoms with E-state index in [1.807, 2.05) is 6.92 Å². The molecule has 0 aromatic heterocycles. The first-order valence-electron chi connectivity index (χ1n) is 11.6. The molecule has 0 atom stereocenters. The number of ether oxygens (including phenoxy) is 7. The Labute approximate surface area is 194 Å². The highest BCUT2D eigenvalue weighted by atomic mass is 16.6. The number of nitrogens with zero attached hydrogens (tertiary/aromatic N) is 1. The van der Waals surface area contributed by atoms with Gasteiger partial charge in [-0.2, -0.15) is 0 Å². The molecule has 1 amide bonds. The highest BCUT2D eigenvalue weighted by Gasteiger charge is 1.96. The topological polar surface area (TPSA) is 97.0 Å². The summed E-state index contributed by atoms with van der Waals surface area (Å²) in [7, 11) is 4.11. The quantitative estimate of drug-likeness (QED) is 0.184. The van der Waals surface area contributed by atoms with E-state index >= 15 is 0 Å². The molecule has 0 aliphatic rings. The first-order chi connectivity index (χ1) is 15.7. The lowest BCUT2D eigenvalue weighted by Crippen LogP contribution is -2.26. The summed E-state index contributed by atoms with van der Waals surface area (Å²) in [5, 5.41) is 2.74. The number of carbonyl (C=O) groups excluding carboxylic acids is 1. The molecule has 0 unspecified atom stereocenters. The van der Waals surface area contributed by atoms with Crippen LogP contribution in [0.25, 0.3) is 0 Å². The highest BCUT2D eigenvalue weighted by Crippen LogP contribution is 1.87. The zero-order chi connectivity index (χ0) is 23.5. The molecule has 0 aromatic carbocycles. The molecule has 0 saturated carbocycles. The van der Waals surface area contributed by atoms with Gasteiger partial charge in [-0.25, -0.2) is 0 Å². The molecular formula is C22H46N2O8. The average molecular weight is 467 g/mol. The Balaban J connectivity index is 3.03. The molecule has 0 aliphatic heterocycles. The fourth-order valence-corrected chi connectivity index (χ4v) is 2.29. The average Bonchev–Trinajstić information content (AvgIpc) is 2.78. The van der Waals surface area contributed by atoms with Crippen molar-refractivity contribution in [1.82, 2.24) is 10.2 Å². The van der Waals surface area contributed by atoms with Crippen LogP contribution in [0.15, 0.2) is 0 Å². The maximum absolute atomic E-state index is 11.0. The molecular weight excluding hydrogens is 420 g/mol.